The number of imide groups is 2. The van der Waals surface area contributed by atoms with Gasteiger partial charge >= 0.3 is 6.03 Å². The first-order valence-corrected chi connectivity index (χ1v) is 9.44. The molecule has 7 nitrogen and oxygen atoms in total. The number of aromatic nitrogens is 2. The Labute approximate surface area is 173 Å². The molecule has 3 heterocycles. The fourth-order valence-electron chi connectivity index (χ4n) is 3.63. The summed E-state index contributed by atoms with van der Waals surface area (Å²) in [6.45, 7) is 5.71. The highest BCUT2D eigenvalue weighted by Gasteiger charge is 2.37. The predicted octanol–water partition coefficient (Wildman–Crippen LogP) is 3.46. The second-order valence-electron chi connectivity index (χ2n) is 7.17. The van der Waals surface area contributed by atoms with Crippen molar-refractivity contribution in [3.63, 3.8) is 0 Å². The van der Waals surface area contributed by atoms with E-state index in [1.54, 1.807) is 30.6 Å². The molecule has 1 N–H and O–H groups in total. The fourth-order valence-corrected chi connectivity index (χ4v) is 3.63. The van der Waals surface area contributed by atoms with Crippen LogP contribution in [0.2, 0.25) is 0 Å². The Hall–Kier alpha value is -4.00. The smallest absolute Gasteiger partial charge is 0.316 e. The second-order valence-corrected chi connectivity index (χ2v) is 7.17. The van der Waals surface area contributed by atoms with E-state index < -0.39 is 17.8 Å². The van der Waals surface area contributed by atoms with Crippen LogP contribution < -0.4 is 10.2 Å². The van der Waals surface area contributed by atoms with Gasteiger partial charge in [0.15, 0.2) is 0 Å². The maximum atomic E-state index is 13.1. The maximum absolute atomic E-state index is 13.1. The third-order valence-corrected chi connectivity index (χ3v) is 5.04. The predicted molar refractivity (Wildman–Crippen MR) is 113 cm³/mol. The van der Waals surface area contributed by atoms with Gasteiger partial charge in [0.05, 0.1) is 17.6 Å². The number of carbonyl (C=O) groups is 3. The van der Waals surface area contributed by atoms with Crippen molar-refractivity contribution >= 4 is 29.6 Å². The third kappa shape index (κ3) is 3.30. The molecule has 7 heteroatoms. The van der Waals surface area contributed by atoms with Crippen molar-refractivity contribution in [1.29, 1.82) is 0 Å². The number of rotatable bonds is 3. The van der Waals surface area contributed by atoms with E-state index in [0.29, 0.717) is 11.3 Å². The molecule has 0 bridgehead atoms. The van der Waals surface area contributed by atoms with Gasteiger partial charge < -0.3 is 4.57 Å². The van der Waals surface area contributed by atoms with Crippen LogP contribution >= 0.6 is 0 Å². The summed E-state index contributed by atoms with van der Waals surface area (Å²) >= 11 is 0. The van der Waals surface area contributed by atoms with Gasteiger partial charge in [-0.05, 0) is 68.3 Å². The number of nitrogens with zero attached hydrogens (tertiary/aromatic N) is 3. The van der Waals surface area contributed by atoms with Crippen molar-refractivity contribution in [3.8, 4) is 5.69 Å². The molecule has 2 aromatic heterocycles. The SMILES string of the molecule is Cc1cccc(N2C(=O)NC(=O)/C(=C\c3cc(C)n(-c4cccnc4)c3C)C2=O)c1. The molecular formula is C23H20N4O3. The lowest BCUT2D eigenvalue weighted by molar-refractivity contribution is -0.122. The largest absolute Gasteiger partial charge is 0.335 e. The number of anilines is 1. The lowest BCUT2D eigenvalue weighted by atomic mass is 10.1. The monoisotopic (exact) mass is 400 g/mol. The van der Waals surface area contributed by atoms with Gasteiger partial charge in [0.25, 0.3) is 11.8 Å². The second kappa shape index (κ2) is 7.44. The number of barbiturate groups is 1. The highest BCUT2D eigenvalue weighted by molar-refractivity contribution is 6.39. The van der Waals surface area contributed by atoms with Crippen LogP contribution in [0.3, 0.4) is 0 Å². The number of pyridine rings is 1. The van der Waals surface area contributed by atoms with Gasteiger partial charge in [0.2, 0.25) is 0 Å². The Morgan fingerprint density at radius 1 is 0.967 bits per heavy atom. The zero-order valence-electron chi connectivity index (χ0n) is 16.8. The van der Waals surface area contributed by atoms with Crippen LogP contribution in [0.25, 0.3) is 11.8 Å². The van der Waals surface area contributed by atoms with Crippen molar-refractivity contribution in [2.24, 2.45) is 0 Å². The molecule has 0 saturated carbocycles. The van der Waals surface area contributed by atoms with Gasteiger partial charge in [0.1, 0.15) is 5.57 Å². The quantitative estimate of drug-likeness (QED) is 0.539. The van der Waals surface area contributed by atoms with E-state index in [0.717, 1.165) is 27.5 Å². The third-order valence-electron chi connectivity index (χ3n) is 5.04. The minimum absolute atomic E-state index is 0.0949. The Morgan fingerprint density at radius 3 is 2.43 bits per heavy atom. The van der Waals surface area contributed by atoms with Gasteiger partial charge in [-0.15, -0.1) is 0 Å². The van der Waals surface area contributed by atoms with Crippen LogP contribution in [0.1, 0.15) is 22.5 Å². The first-order chi connectivity index (χ1) is 14.4. The van der Waals surface area contributed by atoms with Crippen LogP contribution in [0.4, 0.5) is 10.5 Å². The van der Waals surface area contributed by atoms with Gasteiger partial charge in [-0.3, -0.25) is 19.9 Å². The first kappa shape index (κ1) is 19.3. The van der Waals surface area contributed by atoms with Crippen LogP contribution in [0.5, 0.6) is 0 Å². The van der Waals surface area contributed by atoms with Gasteiger partial charge in [-0.2, -0.15) is 0 Å². The average molecular weight is 400 g/mol. The summed E-state index contributed by atoms with van der Waals surface area (Å²) in [6.07, 6.45) is 4.97. The molecule has 0 radical (unpaired) electrons. The molecule has 1 aliphatic heterocycles. The fraction of sp³-hybridized carbons (Fsp3) is 0.130. The number of carbonyl (C=O) groups excluding carboxylic acids is 3. The number of aryl methyl sites for hydroxylation is 2. The van der Waals surface area contributed by atoms with E-state index in [1.165, 1.54) is 6.08 Å². The molecular weight excluding hydrogens is 380 g/mol. The van der Waals surface area contributed by atoms with E-state index in [-0.39, 0.29) is 5.57 Å². The first-order valence-electron chi connectivity index (χ1n) is 9.44. The molecule has 1 aliphatic rings. The lowest BCUT2D eigenvalue weighted by Crippen LogP contribution is -2.54. The van der Waals surface area contributed by atoms with Crippen molar-refractivity contribution in [1.82, 2.24) is 14.9 Å². The molecule has 0 atom stereocenters. The summed E-state index contributed by atoms with van der Waals surface area (Å²) in [5, 5.41) is 2.26. The zero-order chi connectivity index (χ0) is 21.4. The number of urea groups is 1. The molecule has 4 rings (SSSR count). The van der Waals surface area contributed by atoms with Gasteiger partial charge in [-0.1, -0.05) is 12.1 Å². The van der Waals surface area contributed by atoms with Crippen molar-refractivity contribution < 1.29 is 14.4 Å². The number of amides is 4. The molecule has 3 aromatic rings. The maximum Gasteiger partial charge on any atom is 0.335 e. The van der Waals surface area contributed by atoms with Crippen LogP contribution in [-0.4, -0.2) is 27.4 Å². The van der Waals surface area contributed by atoms with E-state index >= 15 is 0 Å². The normalized spacial score (nSPS) is 15.6. The highest BCUT2D eigenvalue weighted by Crippen LogP contribution is 2.26. The molecule has 0 unspecified atom stereocenters. The molecule has 0 aliphatic carbocycles. The highest BCUT2D eigenvalue weighted by atomic mass is 16.2. The molecule has 150 valence electrons. The zero-order valence-corrected chi connectivity index (χ0v) is 16.8. The Bertz CT molecular complexity index is 1210. The lowest BCUT2D eigenvalue weighted by Gasteiger charge is -2.26. The Morgan fingerprint density at radius 2 is 1.73 bits per heavy atom. The average Bonchev–Trinajstić information content (AvgIpc) is 2.99. The van der Waals surface area contributed by atoms with Crippen LogP contribution in [0, 0.1) is 20.8 Å². The molecule has 30 heavy (non-hydrogen) atoms. The van der Waals surface area contributed by atoms with Crippen LogP contribution in [-0.2, 0) is 9.59 Å². The van der Waals surface area contributed by atoms with E-state index in [4.69, 9.17) is 0 Å². The summed E-state index contributed by atoms with van der Waals surface area (Å²) in [6, 6.07) is 11.9. The van der Waals surface area contributed by atoms with Crippen LogP contribution in [0.15, 0.2) is 60.4 Å². The minimum atomic E-state index is -0.756. The Kier molecular flexibility index (Phi) is 4.79. The molecule has 1 saturated heterocycles. The standard InChI is InChI=1S/C23H20N4O3/c1-14-6-4-7-18(10-14)27-22(29)20(21(28)25-23(27)30)12-17-11-15(2)26(16(17)3)19-8-5-9-24-13-19/h4-13H,1-3H3,(H,25,28,30)/b20-12+. The topological polar surface area (TPSA) is 84.3 Å². The summed E-state index contributed by atoms with van der Waals surface area (Å²) in [5.41, 5.74) is 4.60. The molecule has 4 amide bonds. The summed E-state index contributed by atoms with van der Waals surface area (Å²) in [7, 11) is 0. The van der Waals surface area contributed by atoms with Crippen molar-refractivity contribution in [3.05, 3.63) is 82.9 Å². The Balaban J connectivity index is 1.77. The molecule has 1 fully saturated rings. The van der Waals surface area contributed by atoms with Crippen molar-refractivity contribution in [2.45, 2.75) is 20.8 Å². The van der Waals surface area contributed by atoms with Gasteiger partial charge in [-0.25, -0.2) is 9.69 Å². The molecule has 1 aromatic carbocycles. The number of hydrogen-bond donors (Lipinski definition) is 1. The van der Waals surface area contributed by atoms with E-state index in [1.807, 2.05) is 49.6 Å². The number of nitrogens with one attached hydrogen (secondary N) is 1. The van der Waals surface area contributed by atoms with E-state index in [9.17, 15) is 14.4 Å². The number of hydrogen-bond acceptors (Lipinski definition) is 4. The van der Waals surface area contributed by atoms with Gasteiger partial charge in [0, 0.05) is 17.6 Å². The minimum Gasteiger partial charge on any atom is -0.316 e. The van der Waals surface area contributed by atoms with Crippen molar-refractivity contribution in [2.75, 3.05) is 4.90 Å². The number of benzene rings is 1. The molecule has 0 spiro atoms. The van der Waals surface area contributed by atoms with E-state index in [2.05, 4.69) is 10.3 Å². The summed E-state index contributed by atoms with van der Waals surface area (Å²) in [5.74, 6) is -1.36. The summed E-state index contributed by atoms with van der Waals surface area (Å²) < 4.78 is 1.99. The summed E-state index contributed by atoms with van der Waals surface area (Å²) in [4.78, 5) is 43.1.